The van der Waals surface area contributed by atoms with Crippen LogP contribution in [0.2, 0.25) is 0 Å². The van der Waals surface area contributed by atoms with Crippen molar-refractivity contribution in [2.24, 2.45) is 0 Å². The number of ether oxygens (including phenoxy) is 4. The van der Waals surface area contributed by atoms with E-state index in [0.717, 1.165) is 6.07 Å². The van der Waals surface area contributed by atoms with Gasteiger partial charge in [0.15, 0.2) is 16.8 Å². The first-order valence-corrected chi connectivity index (χ1v) is 13.2. The lowest BCUT2D eigenvalue weighted by atomic mass is 9.99. The number of aliphatic hydroxyl groups excluding tert-OH is 8. The van der Waals surface area contributed by atoms with E-state index in [0.29, 0.717) is 0 Å². The summed E-state index contributed by atoms with van der Waals surface area (Å²) in [5, 5.41) is 112. The second kappa shape index (κ2) is 12.3. The van der Waals surface area contributed by atoms with Gasteiger partial charge in [0, 0.05) is 11.6 Å². The van der Waals surface area contributed by atoms with Crippen molar-refractivity contribution in [3.8, 4) is 40.1 Å². The lowest BCUT2D eigenvalue weighted by Crippen LogP contribution is -2.60. The highest BCUT2D eigenvalue weighted by molar-refractivity contribution is 5.95. The van der Waals surface area contributed by atoms with Crippen LogP contribution in [0.1, 0.15) is 0 Å². The molecular weight excluding hydrogens is 596 g/mol. The van der Waals surface area contributed by atoms with Crippen molar-refractivity contribution >= 4 is 11.0 Å². The fraction of sp³-hybridized carbons (Fsp3) is 0.444. The SMILES string of the molecule is O=c1cc(-c2ccc(O)cc2)oc2c(O[C@@H]3O[C@H](CO)[C@H](O)[C@@H](O)[C@H]3O)c(O)c(O[C@@H]3O[C@H](CO)[C@@H](O)[C@H](O)[C@@H]3O)c(O)c12. The maximum absolute atomic E-state index is 13.3. The molecule has 17 nitrogen and oxygen atoms in total. The molecule has 2 fully saturated rings. The number of phenolic OH excluding ortho intramolecular Hbond substituents is 3. The molecule has 2 aromatic carbocycles. The van der Waals surface area contributed by atoms with Crippen LogP contribution >= 0.6 is 0 Å². The average molecular weight is 627 g/mol. The van der Waals surface area contributed by atoms with E-state index in [1.165, 1.54) is 24.3 Å². The molecular formula is C27H30O17. The molecule has 0 spiro atoms. The number of rotatable bonds is 7. The molecule has 0 bridgehead atoms. The molecule has 240 valence electrons. The van der Waals surface area contributed by atoms with E-state index in [1.807, 2.05) is 0 Å². The van der Waals surface area contributed by atoms with Crippen molar-refractivity contribution in [1.82, 2.24) is 0 Å². The fourth-order valence-corrected chi connectivity index (χ4v) is 4.86. The van der Waals surface area contributed by atoms with Gasteiger partial charge in [0.05, 0.1) is 13.2 Å². The predicted octanol–water partition coefficient (Wildman–Crippen LogP) is -3.07. The number of hydrogen-bond donors (Lipinski definition) is 11. The zero-order valence-corrected chi connectivity index (χ0v) is 22.4. The molecule has 0 unspecified atom stereocenters. The van der Waals surface area contributed by atoms with Gasteiger partial charge < -0.3 is 79.5 Å². The summed E-state index contributed by atoms with van der Waals surface area (Å²) in [6.07, 6.45) is -18.2. The Bertz CT molecular complexity index is 1540. The first-order valence-electron chi connectivity index (χ1n) is 13.2. The van der Waals surface area contributed by atoms with Gasteiger partial charge >= 0.3 is 0 Å². The standard InChI is InChI=1S/C27H30O17/c28-6-12-15(32)18(35)20(37)26(41-12)43-24-17(34)14-10(31)5-11(8-1-3-9(30)4-2-8)40-23(14)25(22(24)39)44-27-21(38)19(36)16(33)13(7-29)42-27/h1-5,12-13,15-16,18-21,26-30,32-39H,6-7H2/t12-,13-,15-,16+,18+,19-,20+,21-,26+,27+/m1/s1. The minimum atomic E-state index is -2.01. The van der Waals surface area contributed by atoms with Gasteiger partial charge in [0.1, 0.15) is 65.7 Å². The summed E-state index contributed by atoms with van der Waals surface area (Å²) in [5.41, 5.74) is -1.33. The maximum atomic E-state index is 13.3. The quantitative estimate of drug-likeness (QED) is 0.124. The number of fused-ring (bicyclic) bond motifs is 1. The molecule has 0 saturated carbocycles. The molecule has 0 aliphatic carbocycles. The van der Waals surface area contributed by atoms with E-state index in [2.05, 4.69) is 0 Å². The molecule has 10 atom stereocenters. The van der Waals surface area contributed by atoms with Crippen molar-refractivity contribution in [1.29, 1.82) is 0 Å². The summed E-state index contributed by atoms with van der Waals surface area (Å²) in [7, 11) is 0. The van der Waals surface area contributed by atoms with E-state index in [9.17, 15) is 61.0 Å². The number of benzene rings is 2. The molecule has 5 rings (SSSR count). The first-order chi connectivity index (χ1) is 20.9. The third-order valence-corrected chi connectivity index (χ3v) is 7.35. The van der Waals surface area contributed by atoms with Crippen LogP contribution in [0.15, 0.2) is 39.5 Å². The van der Waals surface area contributed by atoms with Crippen LogP contribution in [0.5, 0.6) is 28.7 Å². The zero-order chi connectivity index (χ0) is 32.0. The van der Waals surface area contributed by atoms with Crippen LogP contribution in [0.3, 0.4) is 0 Å². The van der Waals surface area contributed by atoms with Crippen molar-refractivity contribution < 1.29 is 79.5 Å². The Hall–Kier alpha value is -3.75. The Morgan fingerprint density at radius 1 is 0.659 bits per heavy atom. The smallest absolute Gasteiger partial charge is 0.229 e. The monoisotopic (exact) mass is 626 g/mol. The van der Waals surface area contributed by atoms with Gasteiger partial charge in [-0.15, -0.1) is 0 Å². The maximum Gasteiger partial charge on any atom is 0.229 e. The average Bonchev–Trinajstić information content (AvgIpc) is 3.01. The Morgan fingerprint density at radius 2 is 1.16 bits per heavy atom. The fourth-order valence-electron chi connectivity index (χ4n) is 4.86. The summed E-state index contributed by atoms with van der Waals surface area (Å²) in [4.78, 5) is 13.3. The van der Waals surface area contributed by atoms with Crippen molar-refractivity contribution in [3.63, 3.8) is 0 Å². The van der Waals surface area contributed by atoms with Crippen LogP contribution in [-0.2, 0) is 9.47 Å². The third-order valence-electron chi connectivity index (χ3n) is 7.35. The topological polar surface area (TPSA) is 290 Å². The molecule has 3 heterocycles. The molecule has 0 amide bonds. The molecule has 3 aromatic rings. The first kappa shape index (κ1) is 31.7. The van der Waals surface area contributed by atoms with Crippen LogP contribution in [0, 0.1) is 0 Å². The Morgan fingerprint density at radius 3 is 1.66 bits per heavy atom. The number of aliphatic hydroxyl groups is 8. The van der Waals surface area contributed by atoms with Gasteiger partial charge in [-0.3, -0.25) is 4.79 Å². The second-order valence-electron chi connectivity index (χ2n) is 10.2. The van der Waals surface area contributed by atoms with Crippen LogP contribution < -0.4 is 14.9 Å². The highest BCUT2D eigenvalue weighted by Gasteiger charge is 2.47. The van der Waals surface area contributed by atoms with Crippen LogP contribution in [0.4, 0.5) is 0 Å². The Balaban J connectivity index is 1.67. The van der Waals surface area contributed by atoms with E-state index in [-0.39, 0.29) is 17.1 Å². The highest BCUT2D eigenvalue weighted by Crippen LogP contribution is 2.51. The number of aromatic hydroxyl groups is 3. The van der Waals surface area contributed by atoms with Gasteiger partial charge in [-0.05, 0) is 24.3 Å². The van der Waals surface area contributed by atoms with E-state index in [4.69, 9.17) is 23.4 Å². The second-order valence-corrected chi connectivity index (χ2v) is 10.2. The van der Waals surface area contributed by atoms with E-state index in [1.54, 1.807) is 0 Å². The lowest BCUT2D eigenvalue weighted by Gasteiger charge is -2.40. The summed E-state index contributed by atoms with van der Waals surface area (Å²) in [5.74, 6) is -4.28. The summed E-state index contributed by atoms with van der Waals surface area (Å²) in [6, 6.07) is 6.29. The van der Waals surface area contributed by atoms with Crippen LogP contribution in [0.25, 0.3) is 22.3 Å². The van der Waals surface area contributed by atoms with Gasteiger partial charge in [-0.25, -0.2) is 0 Å². The Kier molecular flexibility index (Phi) is 8.87. The summed E-state index contributed by atoms with van der Waals surface area (Å²) < 4.78 is 27.5. The normalized spacial score (nSPS) is 32.5. The van der Waals surface area contributed by atoms with Crippen molar-refractivity contribution in [2.45, 2.75) is 61.4 Å². The van der Waals surface area contributed by atoms with Gasteiger partial charge in [0.2, 0.25) is 29.8 Å². The number of hydrogen-bond acceptors (Lipinski definition) is 17. The molecule has 2 saturated heterocycles. The van der Waals surface area contributed by atoms with Crippen molar-refractivity contribution in [2.75, 3.05) is 13.2 Å². The molecule has 17 heteroatoms. The van der Waals surface area contributed by atoms with Crippen LogP contribution in [-0.4, -0.2) is 131 Å². The van der Waals surface area contributed by atoms with E-state index < -0.39 is 114 Å². The summed E-state index contributed by atoms with van der Waals surface area (Å²) in [6.45, 7) is -1.67. The molecule has 1 aromatic heterocycles. The molecule has 2 aliphatic rings. The number of phenols is 3. The highest BCUT2D eigenvalue weighted by atomic mass is 16.7. The predicted molar refractivity (Wildman–Crippen MR) is 142 cm³/mol. The molecule has 0 radical (unpaired) electrons. The van der Waals surface area contributed by atoms with Crippen molar-refractivity contribution in [3.05, 3.63) is 40.6 Å². The summed E-state index contributed by atoms with van der Waals surface area (Å²) >= 11 is 0. The van der Waals surface area contributed by atoms with E-state index >= 15 is 0 Å². The third kappa shape index (κ3) is 5.50. The molecule has 2 aliphatic heterocycles. The largest absolute Gasteiger partial charge is 0.508 e. The van der Waals surface area contributed by atoms with Gasteiger partial charge in [-0.2, -0.15) is 0 Å². The lowest BCUT2D eigenvalue weighted by molar-refractivity contribution is -0.279. The Labute approximate surface area is 246 Å². The minimum absolute atomic E-state index is 0.103. The molecule has 44 heavy (non-hydrogen) atoms. The zero-order valence-electron chi connectivity index (χ0n) is 22.4. The molecule has 11 N–H and O–H groups in total. The van der Waals surface area contributed by atoms with Gasteiger partial charge in [0.25, 0.3) is 0 Å². The minimum Gasteiger partial charge on any atom is -0.508 e. The van der Waals surface area contributed by atoms with Gasteiger partial charge in [-0.1, -0.05) is 0 Å².